The maximum absolute atomic E-state index is 14.1. The van der Waals surface area contributed by atoms with Crippen LogP contribution in [0.15, 0.2) is 48.8 Å². The van der Waals surface area contributed by atoms with Crippen molar-refractivity contribution in [3.05, 3.63) is 65.7 Å². The molecule has 194 valence electrons. The number of halogens is 4. The molecule has 0 aliphatic carbocycles. The van der Waals surface area contributed by atoms with Crippen molar-refractivity contribution >= 4 is 17.4 Å². The predicted molar refractivity (Wildman–Crippen MR) is 126 cm³/mol. The number of amides is 1. The average Bonchev–Trinajstić information content (AvgIpc) is 3.28. The molecule has 0 aliphatic heterocycles. The molecule has 3 aromatic heterocycles. The fourth-order valence-electron chi connectivity index (χ4n) is 3.45. The highest BCUT2D eigenvalue weighted by Gasteiger charge is 2.31. The summed E-state index contributed by atoms with van der Waals surface area (Å²) in [5.41, 5.74) is 1.45. The maximum atomic E-state index is 14.1. The standard InChI is InChI=1S/C24H22F4N6O3/c1-3-8-29-20-13-34-21(32-20)7-6-19(33-34)15-10-17(23(36-2)31-12-15)22(35)30-11-14-9-16(4-5-18(14)25)37-24(26,27)28/h4-7,9-10,12-13,29H,3,8,11H2,1-2H3,(H,30,35). The van der Waals surface area contributed by atoms with Crippen molar-refractivity contribution in [3.63, 3.8) is 0 Å². The largest absolute Gasteiger partial charge is 0.573 e. The summed E-state index contributed by atoms with van der Waals surface area (Å²) < 4.78 is 62.2. The smallest absolute Gasteiger partial charge is 0.480 e. The molecule has 0 fully saturated rings. The van der Waals surface area contributed by atoms with Gasteiger partial charge in [0.05, 0.1) is 19.0 Å². The molecule has 4 rings (SSSR count). The Hall–Kier alpha value is -4.42. The second-order valence-electron chi connectivity index (χ2n) is 7.84. The second-order valence-corrected chi connectivity index (χ2v) is 7.84. The van der Waals surface area contributed by atoms with Crippen LogP contribution in [0.5, 0.6) is 11.6 Å². The number of imidazole rings is 1. The molecule has 0 unspecified atom stereocenters. The molecular formula is C24H22F4N6O3. The Morgan fingerprint density at radius 2 is 1.97 bits per heavy atom. The first-order chi connectivity index (χ1) is 17.7. The number of benzene rings is 1. The number of hydrogen-bond acceptors (Lipinski definition) is 7. The molecule has 4 aromatic rings. The van der Waals surface area contributed by atoms with Crippen LogP contribution in [0.1, 0.15) is 29.3 Å². The molecule has 1 amide bonds. The summed E-state index contributed by atoms with van der Waals surface area (Å²) in [6.07, 6.45) is -0.772. The second kappa shape index (κ2) is 10.7. The number of aromatic nitrogens is 4. The number of methoxy groups -OCH3 is 1. The van der Waals surface area contributed by atoms with Crippen LogP contribution in [-0.2, 0) is 6.54 Å². The number of carbonyl (C=O) groups is 1. The van der Waals surface area contributed by atoms with E-state index in [0.29, 0.717) is 22.7 Å². The number of pyridine rings is 1. The summed E-state index contributed by atoms with van der Waals surface area (Å²) in [5, 5.41) is 10.2. The molecule has 0 bridgehead atoms. The summed E-state index contributed by atoms with van der Waals surface area (Å²) in [7, 11) is 1.33. The van der Waals surface area contributed by atoms with E-state index in [1.165, 1.54) is 19.4 Å². The van der Waals surface area contributed by atoms with Gasteiger partial charge < -0.3 is 20.1 Å². The van der Waals surface area contributed by atoms with Crippen molar-refractivity contribution < 1.29 is 31.8 Å². The van der Waals surface area contributed by atoms with Crippen molar-refractivity contribution in [2.45, 2.75) is 26.3 Å². The van der Waals surface area contributed by atoms with Crippen LogP contribution in [0.25, 0.3) is 16.9 Å². The third kappa shape index (κ3) is 6.23. The lowest BCUT2D eigenvalue weighted by Crippen LogP contribution is -2.24. The van der Waals surface area contributed by atoms with Gasteiger partial charge in [-0.15, -0.1) is 13.2 Å². The van der Waals surface area contributed by atoms with Gasteiger partial charge in [0, 0.05) is 30.4 Å². The van der Waals surface area contributed by atoms with E-state index in [0.717, 1.165) is 31.2 Å². The van der Waals surface area contributed by atoms with Crippen molar-refractivity contribution in [3.8, 4) is 22.9 Å². The summed E-state index contributed by atoms with van der Waals surface area (Å²) in [4.78, 5) is 21.5. The molecule has 37 heavy (non-hydrogen) atoms. The Morgan fingerprint density at radius 3 is 2.70 bits per heavy atom. The number of rotatable bonds is 9. The molecule has 0 aliphatic rings. The fraction of sp³-hybridized carbons (Fsp3) is 0.250. The fourth-order valence-corrected chi connectivity index (χ4v) is 3.45. The highest BCUT2D eigenvalue weighted by molar-refractivity contribution is 5.97. The number of nitrogens with one attached hydrogen (secondary N) is 2. The van der Waals surface area contributed by atoms with Crippen molar-refractivity contribution in [2.24, 2.45) is 0 Å². The highest BCUT2D eigenvalue weighted by Crippen LogP contribution is 2.26. The highest BCUT2D eigenvalue weighted by atomic mass is 19.4. The minimum Gasteiger partial charge on any atom is -0.480 e. The van der Waals surface area contributed by atoms with E-state index in [1.54, 1.807) is 22.8 Å². The van der Waals surface area contributed by atoms with Gasteiger partial charge >= 0.3 is 6.36 Å². The van der Waals surface area contributed by atoms with Crippen LogP contribution in [0.4, 0.5) is 23.4 Å². The zero-order valence-electron chi connectivity index (χ0n) is 19.8. The van der Waals surface area contributed by atoms with Crippen molar-refractivity contribution in [2.75, 3.05) is 19.0 Å². The lowest BCUT2D eigenvalue weighted by Gasteiger charge is -2.13. The number of hydrogen-bond donors (Lipinski definition) is 2. The van der Waals surface area contributed by atoms with Crippen LogP contribution < -0.4 is 20.1 Å². The first-order valence-corrected chi connectivity index (χ1v) is 11.1. The number of anilines is 1. The van der Waals surface area contributed by atoms with E-state index in [4.69, 9.17) is 4.74 Å². The Bertz CT molecular complexity index is 1420. The van der Waals surface area contributed by atoms with E-state index in [9.17, 15) is 22.4 Å². The first kappa shape index (κ1) is 25.7. The summed E-state index contributed by atoms with van der Waals surface area (Å²) >= 11 is 0. The van der Waals surface area contributed by atoms with Crippen molar-refractivity contribution in [1.29, 1.82) is 0 Å². The lowest BCUT2D eigenvalue weighted by molar-refractivity contribution is -0.274. The molecule has 0 saturated carbocycles. The first-order valence-electron chi connectivity index (χ1n) is 11.1. The topological polar surface area (TPSA) is 103 Å². The Kier molecular flexibility index (Phi) is 7.41. The molecule has 0 atom stereocenters. The Balaban J connectivity index is 1.55. The minimum absolute atomic E-state index is 0.00522. The van der Waals surface area contributed by atoms with E-state index in [2.05, 4.69) is 30.4 Å². The number of ether oxygens (including phenoxy) is 2. The van der Waals surface area contributed by atoms with Crippen LogP contribution in [0.3, 0.4) is 0 Å². The van der Waals surface area contributed by atoms with Gasteiger partial charge in [0.25, 0.3) is 5.91 Å². The van der Waals surface area contributed by atoms with E-state index >= 15 is 0 Å². The number of carbonyl (C=O) groups excluding carboxylic acids is 1. The van der Waals surface area contributed by atoms with Crippen LogP contribution in [0, 0.1) is 5.82 Å². The number of alkyl halides is 3. The SMILES string of the molecule is CCCNc1cn2nc(-c3cnc(OC)c(C(=O)NCc4cc(OC(F)(F)F)ccc4F)c3)ccc2n1. The van der Waals surface area contributed by atoms with Gasteiger partial charge in [0.1, 0.15) is 22.9 Å². The van der Waals surface area contributed by atoms with Gasteiger partial charge in [-0.3, -0.25) is 4.79 Å². The van der Waals surface area contributed by atoms with Crippen LogP contribution >= 0.6 is 0 Å². The molecule has 0 saturated heterocycles. The normalized spacial score (nSPS) is 11.4. The van der Waals surface area contributed by atoms with Gasteiger partial charge in [0.2, 0.25) is 5.88 Å². The Labute approximate surface area is 208 Å². The monoisotopic (exact) mass is 518 g/mol. The molecule has 3 heterocycles. The molecule has 13 heteroatoms. The van der Waals surface area contributed by atoms with E-state index in [1.807, 2.05) is 6.92 Å². The third-order valence-electron chi connectivity index (χ3n) is 5.15. The zero-order chi connectivity index (χ0) is 26.6. The van der Waals surface area contributed by atoms with Crippen molar-refractivity contribution in [1.82, 2.24) is 24.9 Å². The average molecular weight is 518 g/mol. The number of nitrogens with zero attached hydrogens (tertiary/aromatic N) is 4. The van der Waals surface area contributed by atoms with Gasteiger partial charge in [-0.1, -0.05) is 6.92 Å². The quantitative estimate of drug-likeness (QED) is 0.313. The van der Waals surface area contributed by atoms with Crippen LogP contribution in [-0.4, -0.2) is 45.5 Å². The van der Waals surface area contributed by atoms with E-state index < -0.39 is 30.4 Å². The van der Waals surface area contributed by atoms with Gasteiger partial charge in [-0.25, -0.2) is 18.9 Å². The molecule has 2 N–H and O–H groups in total. The third-order valence-corrected chi connectivity index (χ3v) is 5.15. The van der Waals surface area contributed by atoms with E-state index in [-0.39, 0.29) is 17.0 Å². The van der Waals surface area contributed by atoms with Crippen LogP contribution in [0.2, 0.25) is 0 Å². The molecule has 1 aromatic carbocycles. The Morgan fingerprint density at radius 1 is 1.16 bits per heavy atom. The summed E-state index contributed by atoms with van der Waals surface area (Å²) in [6, 6.07) is 7.52. The maximum Gasteiger partial charge on any atom is 0.573 e. The lowest BCUT2D eigenvalue weighted by atomic mass is 10.1. The predicted octanol–water partition coefficient (Wildman–Crippen LogP) is 4.59. The zero-order valence-corrected chi connectivity index (χ0v) is 19.8. The number of fused-ring (bicyclic) bond motifs is 1. The van der Waals surface area contributed by atoms with Gasteiger partial charge in [0.15, 0.2) is 5.65 Å². The molecule has 0 radical (unpaired) electrons. The van der Waals surface area contributed by atoms with Gasteiger partial charge in [-0.2, -0.15) is 5.10 Å². The minimum atomic E-state index is -4.93. The molecule has 9 nitrogen and oxygen atoms in total. The molecular weight excluding hydrogens is 496 g/mol. The van der Waals surface area contributed by atoms with Gasteiger partial charge in [-0.05, 0) is 42.8 Å². The summed E-state index contributed by atoms with van der Waals surface area (Å²) in [6.45, 7) is 2.40. The molecule has 0 spiro atoms. The summed E-state index contributed by atoms with van der Waals surface area (Å²) in [5.74, 6) is -1.41.